The van der Waals surface area contributed by atoms with E-state index in [1.807, 2.05) is 17.9 Å². The number of anilines is 1. The lowest BCUT2D eigenvalue weighted by Crippen LogP contribution is -2.53. The van der Waals surface area contributed by atoms with E-state index in [1.165, 1.54) is 0 Å². The van der Waals surface area contributed by atoms with Crippen LogP contribution in [-0.2, 0) is 4.79 Å². The number of hydrogen-bond donors (Lipinski definition) is 1. The van der Waals surface area contributed by atoms with Crippen molar-refractivity contribution in [1.82, 2.24) is 9.88 Å². The molecule has 1 atom stereocenters. The molecule has 0 bridgehead atoms. The minimum absolute atomic E-state index is 0.0444. The van der Waals surface area contributed by atoms with Gasteiger partial charge in [-0.3, -0.25) is 9.78 Å². The minimum Gasteiger partial charge on any atom is -0.367 e. The van der Waals surface area contributed by atoms with Crippen molar-refractivity contribution in [2.75, 3.05) is 31.1 Å². The van der Waals surface area contributed by atoms with Gasteiger partial charge in [-0.15, -0.1) is 0 Å². The maximum atomic E-state index is 12.0. The molecule has 1 amide bonds. The Morgan fingerprint density at radius 2 is 2.16 bits per heavy atom. The molecule has 0 saturated carbocycles. The number of nitrogens with two attached hydrogens (primary N) is 1. The first-order valence-electron chi connectivity index (χ1n) is 6.52. The van der Waals surface area contributed by atoms with Crippen LogP contribution >= 0.6 is 11.6 Å². The number of carbonyl (C=O) groups is 1. The average Bonchev–Trinajstić information content (AvgIpc) is 2.46. The van der Waals surface area contributed by atoms with Gasteiger partial charge in [-0.1, -0.05) is 18.5 Å². The monoisotopic (exact) mass is 282 g/mol. The molecule has 1 aliphatic rings. The molecule has 2 heterocycles. The van der Waals surface area contributed by atoms with E-state index >= 15 is 0 Å². The molecule has 1 aliphatic heterocycles. The van der Waals surface area contributed by atoms with Crippen molar-refractivity contribution in [3.8, 4) is 0 Å². The van der Waals surface area contributed by atoms with Crippen LogP contribution in [-0.4, -0.2) is 48.0 Å². The Labute approximate surface area is 118 Å². The van der Waals surface area contributed by atoms with Crippen LogP contribution in [0.25, 0.3) is 0 Å². The van der Waals surface area contributed by atoms with Gasteiger partial charge in [-0.05, 0) is 12.5 Å². The van der Waals surface area contributed by atoms with Crippen molar-refractivity contribution >= 4 is 23.2 Å². The first kappa shape index (κ1) is 14.1. The molecule has 1 fully saturated rings. The third kappa shape index (κ3) is 3.16. The second-order valence-corrected chi connectivity index (χ2v) is 5.06. The highest BCUT2D eigenvalue weighted by Gasteiger charge is 2.25. The van der Waals surface area contributed by atoms with Gasteiger partial charge in [0.2, 0.25) is 5.91 Å². The number of nitrogens with zero attached hydrogens (tertiary/aromatic N) is 3. The Morgan fingerprint density at radius 3 is 2.74 bits per heavy atom. The second-order valence-electron chi connectivity index (χ2n) is 4.65. The summed E-state index contributed by atoms with van der Waals surface area (Å²) in [5, 5.41) is 0.646. The lowest BCUT2D eigenvalue weighted by Gasteiger charge is -2.37. The van der Waals surface area contributed by atoms with Crippen molar-refractivity contribution in [1.29, 1.82) is 0 Å². The zero-order chi connectivity index (χ0) is 13.8. The first-order chi connectivity index (χ1) is 9.13. The largest absolute Gasteiger partial charge is 0.367 e. The smallest absolute Gasteiger partial charge is 0.239 e. The number of hydrogen-bond acceptors (Lipinski definition) is 4. The number of piperazine rings is 1. The molecule has 1 unspecified atom stereocenters. The van der Waals surface area contributed by atoms with E-state index in [2.05, 4.69) is 9.88 Å². The first-order valence-corrected chi connectivity index (χ1v) is 6.90. The van der Waals surface area contributed by atoms with Crippen molar-refractivity contribution in [2.45, 2.75) is 19.4 Å². The normalized spacial score (nSPS) is 17.4. The van der Waals surface area contributed by atoms with E-state index in [1.54, 1.807) is 12.4 Å². The van der Waals surface area contributed by atoms with E-state index in [0.29, 0.717) is 24.5 Å². The number of amides is 1. The molecular weight excluding hydrogens is 264 g/mol. The molecule has 0 aliphatic carbocycles. The van der Waals surface area contributed by atoms with Gasteiger partial charge in [0.1, 0.15) is 0 Å². The summed E-state index contributed by atoms with van der Waals surface area (Å²) < 4.78 is 0. The van der Waals surface area contributed by atoms with Gasteiger partial charge in [0.25, 0.3) is 0 Å². The highest BCUT2D eigenvalue weighted by molar-refractivity contribution is 6.33. The second kappa shape index (κ2) is 6.21. The zero-order valence-electron chi connectivity index (χ0n) is 11.1. The van der Waals surface area contributed by atoms with Crippen LogP contribution in [0, 0.1) is 0 Å². The number of rotatable bonds is 3. The molecule has 104 valence electrons. The summed E-state index contributed by atoms with van der Waals surface area (Å²) in [5.41, 5.74) is 6.76. The van der Waals surface area contributed by atoms with E-state index in [4.69, 9.17) is 17.3 Å². The Bertz CT molecular complexity index is 446. The van der Waals surface area contributed by atoms with E-state index in [0.717, 1.165) is 18.8 Å². The van der Waals surface area contributed by atoms with Crippen LogP contribution in [0.4, 0.5) is 5.69 Å². The quantitative estimate of drug-likeness (QED) is 0.902. The SMILES string of the molecule is CCC(N)C(=O)N1CCN(c2ccncc2Cl)CC1. The molecule has 1 aromatic rings. The van der Waals surface area contributed by atoms with Gasteiger partial charge in [-0.2, -0.15) is 0 Å². The Balaban J connectivity index is 1.96. The Morgan fingerprint density at radius 1 is 1.47 bits per heavy atom. The van der Waals surface area contributed by atoms with Gasteiger partial charge in [0, 0.05) is 38.6 Å². The highest BCUT2D eigenvalue weighted by Crippen LogP contribution is 2.25. The summed E-state index contributed by atoms with van der Waals surface area (Å²) >= 11 is 6.12. The summed E-state index contributed by atoms with van der Waals surface area (Å²) in [6.07, 6.45) is 4.04. The maximum Gasteiger partial charge on any atom is 0.239 e. The van der Waals surface area contributed by atoms with Gasteiger partial charge in [-0.25, -0.2) is 0 Å². The fourth-order valence-electron chi connectivity index (χ4n) is 2.20. The van der Waals surface area contributed by atoms with Crippen molar-refractivity contribution in [3.05, 3.63) is 23.5 Å². The topological polar surface area (TPSA) is 62.5 Å². The molecule has 1 saturated heterocycles. The van der Waals surface area contributed by atoms with Crippen LogP contribution in [0.5, 0.6) is 0 Å². The highest BCUT2D eigenvalue weighted by atomic mass is 35.5. The maximum absolute atomic E-state index is 12.0. The molecule has 6 heteroatoms. The molecular formula is C13H19ClN4O. The van der Waals surface area contributed by atoms with Gasteiger partial charge >= 0.3 is 0 Å². The number of carbonyl (C=O) groups excluding carboxylic acids is 1. The van der Waals surface area contributed by atoms with Crippen LogP contribution in [0.2, 0.25) is 5.02 Å². The van der Waals surface area contributed by atoms with E-state index < -0.39 is 0 Å². The van der Waals surface area contributed by atoms with Gasteiger partial charge < -0.3 is 15.5 Å². The van der Waals surface area contributed by atoms with E-state index in [9.17, 15) is 4.79 Å². The summed E-state index contributed by atoms with van der Waals surface area (Å²) in [4.78, 5) is 20.0. The molecule has 0 spiro atoms. The number of pyridine rings is 1. The summed E-state index contributed by atoms with van der Waals surface area (Å²) in [6.45, 7) is 4.84. The van der Waals surface area contributed by atoms with E-state index in [-0.39, 0.29) is 11.9 Å². The van der Waals surface area contributed by atoms with Crippen molar-refractivity contribution in [2.24, 2.45) is 5.73 Å². The third-order valence-corrected chi connectivity index (χ3v) is 3.73. The molecule has 2 rings (SSSR count). The van der Waals surface area contributed by atoms with Crippen LogP contribution in [0.3, 0.4) is 0 Å². The molecule has 19 heavy (non-hydrogen) atoms. The third-order valence-electron chi connectivity index (χ3n) is 3.44. The Hall–Kier alpha value is -1.33. The predicted octanol–water partition coefficient (Wildman–Crippen LogP) is 1.12. The standard InChI is InChI=1S/C13H19ClN4O/c1-2-11(15)13(19)18-7-5-17(6-8-18)12-3-4-16-9-10(12)14/h3-4,9,11H,2,5-8,15H2,1H3. The summed E-state index contributed by atoms with van der Waals surface area (Å²) in [7, 11) is 0. The summed E-state index contributed by atoms with van der Waals surface area (Å²) in [6, 6.07) is 1.52. The van der Waals surface area contributed by atoms with Gasteiger partial charge in [0.05, 0.1) is 16.8 Å². The minimum atomic E-state index is -0.379. The van der Waals surface area contributed by atoms with Crippen LogP contribution < -0.4 is 10.6 Å². The predicted molar refractivity (Wildman–Crippen MR) is 76.3 cm³/mol. The molecule has 2 N–H and O–H groups in total. The van der Waals surface area contributed by atoms with Crippen molar-refractivity contribution in [3.63, 3.8) is 0 Å². The Kier molecular flexibility index (Phi) is 4.61. The van der Waals surface area contributed by atoms with Crippen LogP contribution in [0.1, 0.15) is 13.3 Å². The fraction of sp³-hybridized carbons (Fsp3) is 0.538. The summed E-state index contributed by atoms with van der Waals surface area (Å²) in [5.74, 6) is 0.0444. The zero-order valence-corrected chi connectivity index (χ0v) is 11.8. The molecule has 5 nitrogen and oxygen atoms in total. The average molecular weight is 283 g/mol. The lowest BCUT2D eigenvalue weighted by molar-refractivity contribution is -0.132. The van der Waals surface area contributed by atoms with Crippen molar-refractivity contribution < 1.29 is 4.79 Å². The fourth-order valence-corrected chi connectivity index (χ4v) is 2.44. The van der Waals surface area contributed by atoms with Gasteiger partial charge in [0.15, 0.2) is 0 Å². The number of halogens is 1. The number of aromatic nitrogens is 1. The van der Waals surface area contributed by atoms with Crippen LogP contribution in [0.15, 0.2) is 18.5 Å². The lowest BCUT2D eigenvalue weighted by atomic mass is 10.2. The molecule has 1 aromatic heterocycles. The molecule has 0 radical (unpaired) electrons. The molecule has 0 aromatic carbocycles.